The maximum atomic E-state index is 12.8. The van der Waals surface area contributed by atoms with Crippen LogP contribution in [0.5, 0.6) is 0 Å². The van der Waals surface area contributed by atoms with Crippen LogP contribution >= 0.6 is 0 Å². The van der Waals surface area contributed by atoms with Crippen molar-refractivity contribution in [2.24, 2.45) is 17.8 Å². The molecule has 0 bridgehead atoms. The van der Waals surface area contributed by atoms with Crippen LogP contribution in [-0.4, -0.2) is 98.6 Å². The van der Waals surface area contributed by atoms with Gasteiger partial charge in [0.2, 0.25) is 11.8 Å². The number of fused-ring (bicyclic) bond motifs is 1. The van der Waals surface area contributed by atoms with Crippen LogP contribution in [0.1, 0.15) is 6.42 Å². The molecule has 3 atom stereocenters. The molecule has 0 spiro atoms. The van der Waals surface area contributed by atoms with Gasteiger partial charge in [-0.2, -0.15) is 0 Å². The van der Waals surface area contributed by atoms with E-state index in [-0.39, 0.29) is 17.7 Å². The molecular weight excluding hydrogens is 308 g/mol. The lowest BCUT2D eigenvalue weighted by molar-refractivity contribution is -0.135. The molecule has 4 aliphatic heterocycles. The molecule has 7 heteroatoms. The second-order valence-electron chi connectivity index (χ2n) is 7.62. The van der Waals surface area contributed by atoms with Gasteiger partial charge in [0.25, 0.3) is 0 Å². The van der Waals surface area contributed by atoms with Crippen molar-refractivity contribution in [2.45, 2.75) is 6.42 Å². The third-order valence-corrected chi connectivity index (χ3v) is 6.05. The minimum absolute atomic E-state index is 0.131. The van der Waals surface area contributed by atoms with Gasteiger partial charge >= 0.3 is 0 Å². The summed E-state index contributed by atoms with van der Waals surface area (Å²) in [6, 6.07) is 0. The number of carbonyl (C=O) groups is 2. The first-order valence-electron chi connectivity index (χ1n) is 9.28. The fourth-order valence-corrected chi connectivity index (χ4v) is 4.53. The second kappa shape index (κ2) is 6.98. The van der Waals surface area contributed by atoms with E-state index in [1.54, 1.807) is 0 Å². The lowest BCUT2D eigenvalue weighted by Gasteiger charge is -2.28. The van der Waals surface area contributed by atoms with Crippen molar-refractivity contribution in [1.29, 1.82) is 0 Å². The lowest BCUT2D eigenvalue weighted by atomic mass is 10.0. The number of likely N-dealkylation sites (tertiary alicyclic amines) is 2. The van der Waals surface area contributed by atoms with Crippen LogP contribution in [0.2, 0.25) is 0 Å². The normalized spacial score (nSPS) is 34.2. The molecule has 4 heterocycles. The van der Waals surface area contributed by atoms with Crippen molar-refractivity contribution < 1.29 is 14.3 Å². The highest BCUT2D eigenvalue weighted by Gasteiger charge is 2.42. The topological polar surface area (TPSA) is 65.1 Å². The van der Waals surface area contributed by atoms with E-state index in [2.05, 4.69) is 10.2 Å². The van der Waals surface area contributed by atoms with E-state index < -0.39 is 0 Å². The molecule has 0 aromatic carbocycles. The van der Waals surface area contributed by atoms with Crippen molar-refractivity contribution in [1.82, 2.24) is 20.0 Å². The maximum absolute atomic E-state index is 12.8. The van der Waals surface area contributed by atoms with E-state index in [0.717, 1.165) is 65.6 Å². The number of hydrogen-bond acceptors (Lipinski definition) is 5. The number of ether oxygens (including phenoxy) is 1. The van der Waals surface area contributed by atoms with Gasteiger partial charge in [-0.05, 0) is 11.8 Å². The summed E-state index contributed by atoms with van der Waals surface area (Å²) in [5.74, 6) is 1.44. The van der Waals surface area contributed by atoms with Gasteiger partial charge in [-0.25, -0.2) is 0 Å². The van der Waals surface area contributed by atoms with Crippen LogP contribution in [0.25, 0.3) is 0 Å². The monoisotopic (exact) mass is 336 g/mol. The Morgan fingerprint density at radius 2 is 1.79 bits per heavy atom. The van der Waals surface area contributed by atoms with Gasteiger partial charge in [-0.15, -0.1) is 0 Å². The van der Waals surface area contributed by atoms with Gasteiger partial charge in [0.05, 0.1) is 19.1 Å². The zero-order valence-corrected chi connectivity index (χ0v) is 14.3. The Balaban J connectivity index is 1.26. The Hall–Kier alpha value is -1.18. The zero-order chi connectivity index (χ0) is 16.5. The molecule has 1 unspecified atom stereocenters. The lowest BCUT2D eigenvalue weighted by Crippen LogP contribution is -2.42. The first-order valence-corrected chi connectivity index (χ1v) is 9.28. The summed E-state index contributed by atoms with van der Waals surface area (Å²) in [5.41, 5.74) is 0. The third-order valence-electron chi connectivity index (χ3n) is 6.05. The van der Waals surface area contributed by atoms with Crippen molar-refractivity contribution in [3.8, 4) is 0 Å². The van der Waals surface area contributed by atoms with Gasteiger partial charge < -0.3 is 19.9 Å². The first-order chi connectivity index (χ1) is 11.7. The summed E-state index contributed by atoms with van der Waals surface area (Å²) in [7, 11) is 0. The molecule has 2 amide bonds. The molecule has 134 valence electrons. The Morgan fingerprint density at radius 1 is 1.08 bits per heavy atom. The predicted molar refractivity (Wildman–Crippen MR) is 88.4 cm³/mol. The minimum Gasteiger partial charge on any atom is -0.379 e. The molecule has 4 rings (SSSR count). The number of nitrogens with one attached hydrogen (secondary N) is 1. The quantitative estimate of drug-likeness (QED) is 0.702. The molecule has 1 N–H and O–H groups in total. The number of hydrogen-bond donors (Lipinski definition) is 1. The predicted octanol–water partition coefficient (Wildman–Crippen LogP) is -1.16. The van der Waals surface area contributed by atoms with E-state index in [9.17, 15) is 9.59 Å². The molecular formula is C17H28N4O3. The first kappa shape index (κ1) is 16.3. The van der Waals surface area contributed by atoms with E-state index in [1.165, 1.54) is 0 Å². The molecule has 0 radical (unpaired) electrons. The van der Waals surface area contributed by atoms with Gasteiger partial charge in [-0.3, -0.25) is 14.5 Å². The van der Waals surface area contributed by atoms with Gasteiger partial charge in [0.15, 0.2) is 0 Å². The van der Waals surface area contributed by atoms with Gasteiger partial charge in [-0.1, -0.05) is 0 Å². The standard InChI is InChI=1S/C17H28N4O3/c22-16-7-13(10-20(16)2-1-19-3-5-24-6-4-19)17(23)21-11-14-8-18-9-15(14)12-21/h13-15,18H,1-12H2/t13?,14-,15+. The summed E-state index contributed by atoms with van der Waals surface area (Å²) in [6.45, 7) is 9.46. The second-order valence-corrected chi connectivity index (χ2v) is 7.62. The molecule has 0 aromatic heterocycles. The average molecular weight is 336 g/mol. The molecule has 4 saturated heterocycles. The summed E-state index contributed by atoms with van der Waals surface area (Å²) >= 11 is 0. The van der Waals surface area contributed by atoms with E-state index in [4.69, 9.17) is 4.74 Å². The zero-order valence-electron chi connectivity index (χ0n) is 14.3. The molecule has 0 aromatic rings. The highest BCUT2D eigenvalue weighted by atomic mass is 16.5. The summed E-state index contributed by atoms with van der Waals surface area (Å²) in [4.78, 5) is 31.3. The minimum atomic E-state index is -0.131. The number of carbonyl (C=O) groups excluding carboxylic acids is 2. The number of rotatable bonds is 4. The SMILES string of the molecule is O=C1CC(C(=O)N2C[C@H]3CNC[C@H]3C2)CN1CCN1CCOCC1. The van der Waals surface area contributed by atoms with Gasteiger partial charge in [0.1, 0.15) is 0 Å². The number of amides is 2. The largest absolute Gasteiger partial charge is 0.379 e. The third kappa shape index (κ3) is 3.30. The molecule has 4 aliphatic rings. The van der Waals surface area contributed by atoms with Crippen LogP contribution in [0.15, 0.2) is 0 Å². The van der Waals surface area contributed by atoms with Crippen LogP contribution < -0.4 is 5.32 Å². The fraction of sp³-hybridized carbons (Fsp3) is 0.882. The van der Waals surface area contributed by atoms with Crippen molar-refractivity contribution >= 4 is 11.8 Å². The van der Waals surface area contributed by atoms with E-state index in [0.29, 0.717) is 24.8 Å². The molecule has 0 aliphatic carbocycles. The van der Waals surface area contributed by atoms with Crippen LogP contribution in [0.3, 0.4) is 0 Å². The summed E-state index contributed by atoms with van der Waals surface area (Å²) < 4.78 is 5.35. The van der Waals surface area contributed by atoms with Crippen LogP contribution in [0, 0.1) is 17.8 Å². The molecule has 7 nitrogen and oxygen atoms in total. The summed E-state index contributed by atoms with van der Waals surface area (Å²) in [5, 5.41) is 3.40. The Kier molecular flexibility index (Phi) is 4.74. The summed E-state index contributed by atoms with van der Waals surface area (Å²) in [6.07, 6.45) is 0.395. The van der Waals surface area contributed by atoms with Crippen LogP contribution in [-0.2, 0) is 14.3 Å². The van der Waals surface area contributed by atoms with Crippen LogP contribution in [0.4, 0.5) is 0 Å². The molecule has 24 heavy (non-hydrogen) atoms. The number of morpholine rings is 1. The van der Waals surface area contributed by atoms with E-state index in [1.807, 2.05) is 9.80 Å². The highest BCUT2D eigenvalue weighted by Crippen LogP contribution is 2.29. The van der Waals surface area contributed by atoms with Crippen molar-refractivity contribution in [2.75, 3.05) is 72.1 Å². The average Bonchev–Trinajstić information content (AvgIpc) is 3.28. The fourth-order valence-electron chi connectivity index (χ4n) is 4.53. The van der Waals surface area contributed by atoms with Crippen molar-refractivity contribution in [3.63, 3.8) is 0 Å². The van der Waals surface area contributed by atoms with E-state index >= 15 is 0 Å². The Labute approximate surface area is 143 Å². The van der Waals surface area contributed by atoms with Gasteiger partial charge in [0, 0.05) is 65.3 Å². The van der Waals surface area contributed by atoms with Crippen molar-refractivity contribution in [3.05, 3.63) is 0 Å². The molecule has 0 saturated carbocycles. The molecule has 4 fully saturated rings. The smallest absolute Gasteiger partial charge is 0.228 e. The number of nitrogens with zero attached hydrogens (tertiary/aromatic N) is 3. The maximum Gasteiger partial charge on any atom is 0.228 e. The highest BCUT2D eigenvalue weighted by molar-refractivity contribution is 5.89. The Bertz CT molecular complexity index is 482. The Morgan fingerprint density at radius 3 is 2.50 bits per heavy atom.